The first-order valence-electron chi connectivity index (χ1n) is 5.57. The highest BCUT2D eigenvalue weighted by atomic mass is 79.9. The van der Waals surface area contributed by atoms with E-state index in [2.05, 4.69) is 21.1 Å². The summed E-state index contributed by atoms with van der Waals surface area (Å²) >= 11 is 2.65. The molecule has 2 heterocycles. The fraction of sp³-hybridized carbons (Fsp3) is 0.273. The molecule has 4 nitrogen and oxygen atoms in total. The zero-order chi connectivity index (χ0) is 16.7. The van der Waals surface area contributed by atoms with Crippen molar-refractivity contribution in [2.75, 3.05) is 11.6 Å². The number of halogens is 7. The standard InChI is InChI=1S/C11H6BrF6N3O/c12-21-5-20(9(22)3-7(21)11(16,17)18)8-2-1-6(4-19-8)10(13,14)15/h1-4H,5H2. The van der Waals surface area contributed by atoms with Crippen LogP contribution in [0.2, 0.25) is 0 Å². The van der Waals surface area contributed by atoms with Gasteiger partial charge in [0, 0.05) is 12.3 Å². The number of aromatic nitrogens is 1. The predicted octanol–water partition coefficient (Wildman–Crippen LogP) is 3.46. The van der Waals surface area contributed by atoms with E-state index in [0.29, 0.717) is 22.3 Å². The molecule has 1 amide bonds. The minimum atomic E-state index is -4.74. The third-order valence-corrected chi connectivity index (χ3v) is 3.30. The first-order chi connectivity index (χ1) is 10.00. The molecule has 22 heavy (non-hydrogen) atoms. The van der Waals surface area contributed by atoms with Gasteiger partial charge in [0.05, 0.1) is 21.7 Å². The van der Waals surface area contributed by atoms with Crippen molar-refractivity contribution in [3.8, 4) is 0 Å². The zero-order valence-corrected chi connectivity index (χ0v) is 12.0. The largest absolute Gasteiger partial charge is 0.432 e. The van der Waals surface area contributed by atoms with Gasteiger partial charge in [-0.2, -0.15) is 26.3 Å². The van der Waals surface area contributed by atoms with Crippen LogP contribution in [-0.2, 0) is 11.0 Å². The molecule has 2 rings (SSSR count). The van der Waals surface area contributed by atoms with E-state index in [1.165, 1.54) is 0 Å². The summed E-state index contributed by atoms with van der Waals surface area (Å²) < 4.78 is 75.7. The summed E-state index contributed by atoms with van der Waals surface area (Å²) in [5.41, 5.74) is -2.23. The van der Waals surface area contributed by atoms with Crippen LogP contribution in [0.15, 0.2) is 30.1 Å². The van der Waals surface area contributed by atoms with Crippen LogP contribution in [0.5, 0.6) is 0 Å². The van der Waals surface area contributed by atoms with Gasteiger partial charge in [0.2, 0.25) is 0 Å². The average Bonchev–Trinajstić information content (AvgIpc) is 2.39. The number of amides is 1. The van der Waals surface area contributed by atoms with Crippen molar-refractivity contribution in [3.05, 3.63) is 35.7 Å². The first kappa shape index (κ1) is 16.6. The van der Waals surface area contributed by atoms with Crippen molar-refractivity contribution in [2.45, 2.75) is 12.4 Å². The molecule has 0 aliphatic carbocycles. The van der Waals surface area contributed by atoms with Crippen LogP contribution in [-0.4, -0.2) is 27.7 Å². The van der Waals surface area contributed by atoms with Crippen molar-refractivity contribution in [3.63, 3.8) is 0 Å². The molecule has 11 heteroatoms. The lowest BCUT2D eigenvalue weighted by Crippen LogP contribution is -2.44. The molecule has 120 valence electrons. The molecule has 1 aliphatic heterocycles. The highest BCUT2D eigenvalue weighted by Gasteiger charge is 2.42. The number of carbonyl (C=O) groups excluding carboxylic acids is 1. The average molecular weight is 390 g/mol. The van der Waals surface area contributed by atoms with E-state index in [9.17, 15) is 31.1 Å². The minimum Gasteiger partial charge on any atom is -0.284 e. The second-order valence-corrected chi connectivity index (χ2v) is 5.06. The van der Waals surface area contributed by atoms with Crippen LogP contribution < -0.4 is 4.90 Å². The molecule has 0 radical (unpaired) electrons. The van der Waals surface area contributed by atoms with Crippen LogP contribution in [0.4, 0.5) is 32.2 Å². The lowest BCUT2D eigenvalue weighted by Gasteiger charge is -2.32. The number of allylic oxidation sites excluding steroid dienone is 1. The second kappa shape index (κ2) is 5.45. The number of carbonyl (C=O) groups is 1. The van der Waals surface area contributed by atoms with E-state index in [0.717, 1.165) is 11.0 Å². The normalized spacial score (nSPS) is 16.9. The summed E-state index contributed by atoms with van der Waals surface area (Å²) in [6.45, 7) is -0.553. The van der Waals surface area contributed by atoms with Crippen molar-refractivity contribution in [1.82, 2.24) is 8.91 Å². The topological polar surface area (TPSA) is 36.4 Å². The van der Waals surface area contributed by atoms with Crippen LogP contribution in [0.1, 0.15) is 5.56 Å². The molecule has 1 aliphatic rings. The molecule has 0 spiro atoms. The molecule has 0 aromatic carbocycles. The van der Waals surface area contributed by atoms with Gasteiger partial charge in [-0.05, 0) is 12.1 Å². The van der Waals surface area contributed by atoms with Gasteiger partial charge in [0.15, 0.2) is 0 Å². The Morgan fingerprint density at radius 3 is 2.18 bits per heavy atom. The van der Waals surface area contributed by atoms with Gasteiger partial charge in [0.1, 0.15) is 18.2 Å². The number of rotatable bonds is 1. The van der Waals surface area contributed by atoms with E-state index < -0.39 is 36.2 Å². The van der Waals surface area contributed by atoms with E-state index in [4.69, 9.17) is 0 Å². The second-order valence-electron chi connectivity index (χ2n) is 4.20. The molecule has 0 atom stereocenters. The predicted molar refractivity (Wildman–Crippen MR) is 66.5 cm³/mol. The van der Waals surface area contributed by atoms with Gasteiger partial charge in [-0.1, -0.05) is 0 Å². The number of nitrogens with zero attached hydrogens (tertiary/aromatic N) is 3. The quantitative estimate of drug-likeness (QED) is 0.545. The number of anilines is 1. The summed E-state index contributed by atoms with van der Waals surface area (Å²) in [6, 6.07) is 1.60. The van der Waals surface area contributed by atoms with Crippen molar-refractivity contribution in [2.24, 2.45) is 0 Å². The molecule has 1 aromatic rings. The number of alkyl halides is 6. The smallest absolute Gasteiger partial charge is 0.284 e. The minimum absolute atomic E-state index is 0.195. The summed E-state index contributed by atoms with van der Waals surface area (Å²) in [6.07, 6.45) is -8.50. The number of pyridine rings is 1. The van der Waals surface area contributed by atoms with Gasteiger partial charge >= 0.3 is 12.4 Å². The Hall–Kier alpha value is -1.78. The number of hydrogen-bond donors (Lipinski definition) is 0. The SMILES string of the molecule is O=C1C=C(C(F)(F)F)N(Br)CN1c1ccc(C(F)(F)F)cn1. The third-order valence-electron chi connectivity index (χ3n) is 2.70. The Balaban J connectivity index is 2.28. The molecule has 1 aromatic heterocycles. The van der Waals surface area contributed by atoms with E-state index in [1.807, 2.05) is 0 Å². The van der Waals surface area contributed by atoms with Gasteiger partial charge < -0.3 is 0 Å². The highest BCUT2D eigenvalue weighted by Crippen LogP contribution is 2.34. The van der Waals surface area contributed by atoms with E-state index in [-0.39, 0.29) is 5.82 Å². The summed E-state index contributed by atoms with van der Waals surface area (Å²) in [5.74, 6) is -1.23. The molecule has 0 unspecified atom stereocenters. The summed E-state index contributed by atoms with van der Waals surface area (Å²) in [5, 5.41) is 0. The maximum absolute atomic E-state index is 12.6. The Morgan fingerprint density at radius 1 is 1.09 bits per heavy atom. The lowest BCUT2D eigenvalue weighted by molar-refractivity contribution is -0.137. The molecule has 0 bridgehead atoms. The van der Waals surface area contributed by atoms with Gasteiger partial charge in [-0.25, -0.2) is 4.98 Å². The zero-order valence-electron chi connectivity index (χ0n) is 10.4. The molecule has 0 saturated carbocycles. The van der Waals surface area contributed by atoms with Crippen LogP contribution in [0.25, 0.3) is 0 Å². The Morgan fingerprint density at radius 2 is 1.73 bits per heavy atom. The maximum atomic E-state index is 12.6. The van der Waals surface area contributed by atoms with Crippen LogP contribution in [0.3, 0.4) is 0 Å². The summed E-state index contributed by atoms with van der Waals surface area (Å²) in [7, 11) is 0. The summed E-state index contributed by atoms with van der Waals surface area (Å²) in [4.78, 5) is 16.0. The van der Waals surface area contributed by atoms with Gasteiger partial charge in [0.25, 0.3) is 5.91 Å². The van der Waals surface area contributed by atoms with Crippen molar-refractivity contribution >= 4 is 27.9 Å². The van der Waals surface area contributed by atoms with Crippen molar-refractivity contribution in [1.29, 1.82) is 0 Å². The molecule has 0 saturated heterocycles. The van der Waals surface area contributed by atoms with Crippen molar-refractivity contribution < 1.29 is 31.1 Å². The maximum Gasteiger partial charge on any atom is 0.432 e. The van der Waals surface area contributed by atoms with Gasteiger partial charge in [-0.15, -0.1) is 0 Å². The monoisotopic (exact) mass is 389 g/mol. The Labute approximate surface area is 128 Å². The highest BCUT2D eigenvalue weighted by molar-refractivity contribution is 9.07. The third kappa shape index (κ3) is 3.34. The fourth-order valence-electron chi connectivity index (χ4n) is 1.65. The Bertz CT molecular complexity index is 610. The Kier molecular flexibility index (Phi) is 4.11. The molecule has 0 N–H and O–H groups in total. The van der Waals surface area contributed by atoms with E-state index >= 15 is 0 Å². The van der Waals surface area contributed by atoms with Crippen LogP contribution in [0, 0.1) is 0 Å². The van der Waals surface area contributed by atoms with E-state index in [1.54, 1.807) is 0 Å². The fourth-order valence-corrected chi connectivity index (χ4v) is 2.18. The van der Waals surface area contributed by atoms with Gasteiger partial charge in [-0.3, -0.25) is 13.6 Å². The number of hydrogen-bond acceptors (Lipinski definition) is 3. The van der Waals surface area contributed by atoms with Crippen LogP contribution >= 0.6 is 16.1 Å². The molecular formula is C11H6BrF6N3O. The molecular weight excluding hydrogens is 384 g/mol. The molecule has 0 fully saturated rings. The lowest BCUT2D eigenvalue weighted by atomic mass is 10.2. The first-order valence-corrected chi connectivity index (χ1v) is 6.28.